The zero-order valence-corrected chi connectivity index (χ0v) is 10.8. The van der Waals surface area contributed by atoms with Crippen molar-refractivity contribution < 1.29 is 9.13 Å². The van der Waals surface area contributed by atoms with E-state index in [1.165, 1.54) is 12.3 Å². The molecule has 0 amide bonds. The molecule has 1 N–H and O–H groups in total. The highest BCUT2D eigenvalue weighted by atomic mass is 19.1. The smallest absolute Gasteiger partial charge is 0.218 e. The minimum atomic E-state index is -0.329. The van der Waals surface area contributed by atoms with Crippen LogP contribution in [-0.4, -0.2) is 18.6 Å². The van der Waals surface area contributed by atoms with Gasteiger partial charge >= 0.3 is 0 Å². The van der Waals surface area contributed by atoms with Gasteiger partial charge in [-0.2, -0.15) is 0 Å². The van der Waals surface area contributed by atoms with E-state index in [0.29, 0.717) is 24.9 Å². The molecule has 17 heavy (non-hydrogen) atoms. The van der Waals surface area contributed by atoms with Gasteiger partial charge in [0.2, 0.25) is 5.88 Å². The third kappa shape index (κ3) is 4.30. The average Bonchev–Trinajstić information content (AvgIpc) is 2.33. The second kappa shape index (κ2) is 7.22. The normalized spacial score (nSPS) is 10.9. The van der Waals surface area contributed by atoms with Crippen LogP contribution < -0.4 is 10.1 Å². The van der Waals surface area contributed by atoms with Crippen molar-refractivity contribution in [3.8, 4) is 5.88 Å². The standard InChI is InChI=1S/C13H21FN2O/c1-4-10(5-2)9-17-13-11(7-15-3)6-12(14)8-16-13/h6,8,10,15H,4-5,7,9H2,1-3H3. The molecule has 96 valence electrons. The first-order chi connectivity index (χ1) is 8.21. The predicted octanol–water partition coefficient (Wildman–Crippen LogP) is 2.76. The quantitative estimate of drug-likeness (QED) is 0.795. The summed E-state index contributed by atoms with van der Waals surface area (Å²) in [4.78, 5) is 4.00. The fourth-order valence-electron chi connectivity index (χ4n) is 1.64. The van der Waals surface area contributed by atoms with E-state index in [0.717, 1.165) is 18.4 Å². The van der Waals surface area contributed by atoms with E-state index in [4.69, 9.17) is 4.74 Å². The number of hydrogen-bond acceptors (Lipinski definition) is 3. The van der Waals surface area contributed by atoms with Crippen LogP contribution in [0.25, 0.3) is 0 Å². The van der Waals surface area contributed by atoms with Gasteiger partial charge in [0.05, 0.1) is 12.8 Å². The Morgan fingerprint density at radius 2 is 2.12 bits per heavy atom. The highest BCUT2D eigenvalue weighted by Gasteiger charge is 2.09. The van der Waals surface area contributed by atoms with Gasteiger partial charge in [0, 0.05) is 12.1 Å². The monoisotopic (exact) mass is 240 g/mol. The van der Waals surface area contributed by atoms with Gasteiger partial charge in [0.1, 0.15) is 5.82 Å². The number of nitrogens with zero attached hydrogens (tertiary/aromatic N) is 1. The molecule has 0 unspecified atom stereocenters. The zero-order chi connectivity index (χ0) is 12.7. The molecule has 0 bridgehead atoms. The molecule has 1 aromatic heterocycles. The number of rotatable bonds is 7. The fourth-order valence-corrected chi connectivity index (χ4v) is 1.64. The first-order valence-corrected chi connectivity index (χ1v) is 6.13. The molecule has 0 spiro atoms. The van der Waals surface area contributed by atoms with Gasteiger partial charge in [-0.05, 0) is 19.0 Å². The molecule has 0 aliphatic heterocycles. The van der Waals surface area contributed by atoms with Gasteiger partial charge in [0.25, 0.3) is 0 Å². The zero-order valence-electron chi connectivity index (χ0n) is 10.8. The van der Waals surface area contributed by atoms with Crippen LogP contribution in [-0.2, 0) is 6.54 Å². The maximum absolute atomic E-state index is 13.1. The highest BCUT2D eigenvalue weighted by molar-refractivity contribution is 5.26. The summed E-state index contributed by atoms with van der Waals surface area (Å²) in [5.74, 6) is 0.738. The van der Waals surface area contributed by atoms with Crippen LogP contribution in [0.3, 0.4) is 0 Å². The van der Waals surface area contributed by atoms with E-state index in [2.05, 4.69) is 24.1 Å². The minimum absolute atomic E-state index is 0.329. The van der Waals surface area contributed by atoms with E-state index < -0.39 is 0 Å². The fraction of sp³-hybridized carbons (Fsp3) is 0.615. The molecule has 0 aliphatic rings. The molecule has 0 saturated carbocycles. The number of pyridine rings is 1. The average molecular weight is 240 g/mol. The van der Waals surface area contributed by atoms with E-state index in [9.17, 15) is 4.39 Å². The molecule has 1 rings (SSSR count). The molecule has 3 nitrogen and oxygen atoms in total. The lowest BCUT2D eigenvalue weighted by Crippen LogP contribution is -2.14. The number of ether oxygens (including phenoxy) is 1. The second-order valence-electron chi connectivity index (χ2n) is 4.14. The largest absolute Gasteiger partial charge is 0.477 e. The third-order valence-corrected chi connectivity index (χ3v) is 2.87. The Morgan fingerprint density at radius 1 is 1.41 bits per heavy atom. The summed E-state index contributed by atoms with van der Waals surface area (Å²) in [6.07, 6.45) is 3.36. The Labute approximate surface area is 102 Å². The molecule has 0 aliphatic carbocycles. The molecular weight excluding hydrogens is 219 g/mol. The molecule has 1 heterocycles. The van der Waals surface area contributed by atoms with Crippen molar-refractivity contribution in [3.05, 3.63) is 23.6 Å². The minimum Gasteiger partial charge on any atom is -0.477 e. The Morgan fingerprint density at radius 3 is 2.71 bits per heavy atom. The van der Waals surface area contributed by atoms with Gasteiger partial charge < -0.3 is 10.1 Å². The van der Waals surface area contributed by atoms with Crippen LogP contribution in [0.5, 0.6) is 5.88 Å². The topological polar surface area (TPSA) is 34.1 Å². The van der Waals surface area contributed by atoms with Gasteiger partial charge in [-0.25, -0.2) is 9.37 Å². The summed E-state index contributed by atoms with van der Waals surface area (Å²) in [5.41, 5.74) is 0.762. The van der Waals surface area contributed by atoms with Crippen molar-refractivity contribution in [2.75, 3.05) is 13.7 Å². The van der Waals surface area contributed by atoms with E-state index >= 15 is 0 Å². The van der Waals surface area contributed by atoms with E-state index in [1.54, 1.807) is 0 Å². The van der Waals surface area contributed by atoms with Crippen LogP contribution in [0.15, 0.2) is 12.3 Å². The maximum Gasteiger partial charge on any atom is 0.218 e. The van der Waals surface area contributed by atoms with Gasteiger partial charge in [-0.1, -0.05) is 26.7 Å². The van der Waals surface area contributed by atoms with Crippen LogP contribution in [0, 0.1) is 11.7 Å². The van der Waals surface area contributed by atoms with Crippen LogP contribution in [0.1, 0.15) is 32.3 Å². The number of nitrogens with one attached hydrogen (secondary N) is 1. The first kappa shape index (κ1) is 13.9. The summed E-state index contributed by atoms with van der Waals surface area (Å²) >= 11 is 0. The number of halogens is 1. The van der Waals surface area contributed by atoms with Crippen molar-refractivity contribution >= 4 is 0 Å². The summed E-state index contributed by atoms with van der Waals surface area (Å²) in [5, 5.41) is 2.98. The van der Waals surface area contributed by atoms with Crippen LogP contribution in [0.2, 0.25) is 0 Å². The van der Waals surface area contributed by atoms with E-state index in [-0.39, 0.29) is 5.82 Å². The van der Waals surface area contributed by atoms with Gasteiger partial charge in [-0.15, -0.1) is 0 Å². The van der Waals surface area contributed by atoms with Crippen LogP contribution >= 0.6 is 0 Å². The Balaban J connectivity index is 2.68. The SMILES string of the molecule is CCC(CC)COc1ncc(F)cc1CNC. The van der Waals surface area contributed by atoms with Crippen molar-refractivity contribution in [2.45, 2.75) is 33.2 Å². The summed E-state index contributed by atoms with van der Waals surface area (Å²) < 4.78 is 18.7. The molecule has 0 atom stereocenters. The lowest BCUT2D eigenvalue weighted by molar-refractivity contribution is 0.229. The lowest BCUT2D eigenvalue weighted by atomic mass is 10.1. The van der Waals surface area contributed by atoms with Crippen molar-refractivity contribution in [3.63, 3.8) is 0 Å². The molecule has 1 aromatic rings. The van der Waals surface area contributed by atoms with Gasteiger partial charge in [0.15, 0.2) is 0 Å². The van der Waals surface area contributed by atoms with Crippen molar-refractivity contribution in [2.24, 2.45) is 5.92 Å². The Bertz CT molecular complexity index is 340. The summed E-state index contributed by atoms with van der Waals surface area (Å²) in [6.45, 7) is 5.49. The molecule has 0 fully saturated rings. The van der Waals surface area contributed by atoms with E-state index in [1.807, 2.05) is 7.05 Å². The highest BCUT2D eigenvalue weighted by Crippen LogP contribution is 2.18. The molecule has 4 heteroatoms. The summed E-state index contributed by atoms with van der Waals surface area (Å²) in [6, 6.07) is 1.46. The molecule has 0 aromatic carbocycles. The Hall–Kier alpha value is -1.16. The predicted molar refractivity (Wildman–Crippen MR) is 66.5 cm³/mol. The van der Waals surface area contributed by atoms with Crippen molar-refractivity contribution in [1.82, 2.24) is 10.3 Å². The first-order valence-electron chi connectivity index (χ1n) is 6.13. The number of hydrogen-bond donors (Lipinski definition) is 1. The maximum atomic E-state index is 13.1. The van der Waals surface area contributed by atoms with Crippen LogP contribution in [0.4, 0.5) is 4.39 Å². The van der Waals surface area contributed by atoms with Gasteiger partial charge in [-0.3, -0.25) is 0 Å². The number of aromatic nitrogens is 1. The molecular formula is C13H21FN2O. The second-order valence-corrected chi connectivity index (χ2v) is 4.14. The third-order valence-electron chi connectivity index (χ3n) is 2.87. The summed E-state index contributed by atoms with van der Waals surface area (Å²) in [7, 11) is 1.82. The lowest BCUT2D eigenvalue weighted by Gasteiger charge is -2.15. The Kier molecular flexibility index (Phi) is 5.91. The van der Waals surface area contributed by atoms with Crippen molar-refractivity contribution in [1.29, 1.82) is 0 Å². The molecule has 0 saturated heterocycles. The molecule has 0 radical (unpaired) electrons.